The Morgan fingerprint density at radius 1 is 1.07 bits per heavy atom. The molecule has 0 bridgehead atoms. The van der Waals surface area contributed by atoms with Gasteiger partial charge in [-0.1, -0.05) is 36.9 Å². The van der Waals surface area contributed by atoms with Crippen LogP contribution in [0.1, 0.15) is 32.1 Å². The van der Waals surface area contributed by atoms with E-state index in [9.17, 15) is 14.4 Å². The lowest BCUT2D eigenvalue weighted by Crippen LogP contribution is -2.52. The molecule has 0 aromatic heterocycles. The van der Waals surface area contributed by atoms with Gasteiger partial charge in [0.1, 0.15) is 12.1 Å². The highest BCUT2D eigenvalue weighted by molar-refractivity contribution is 6.30. The summed E-state index contributed by atoms with van der Waals surface area (Å²) in [6, 6.07) is 7.33. The number of hydrogen-bond donors (Lipinski definition) is 0. The van der Waals surface area contributed by atoms with Crippen LogP contribution in [0.25, 0.3) is 0 Å². The molecule has 0 unspecified atom stereocenters. The van der Waals surface area contributed by atoms with Gasteiger partial charge in [-0.05, 0) is 31.0 Å². The van der Waals surface area contributed by atoms with Gasteiger partial charge >= 0.3 is 6.03 Å². The zero-order valence-electron chi connectivity index (χ0n) is 16.8. The van der Waals surface area contributed by atoms with Gasteiger partial charge in [-0.2, -0.15) is 0 Å². The fourth-order valence-electron chi connectivity index (χ4n) is 4.79. The smallest absolute Gasteiger partial charge is 0.327 e. The molecule has 156 valence electrons. The van der Waals surface area contributed by atoms with E-state index in [0.717, 1.165) is 29.8 Å². The molecule has 7 nitrogen and oxygen atoms in total. The average Bonchev–Trinajstić information content (AvgIpc) is 2.91. The molecule has 2 heterocycles. The quantitative estimate of drug-likeness (QED) is 0.708. The third-order valence-electron chi connectivity index (χ3n) is 6.58. The normalized spacial score (nSPS) is 22.0. The molecule has 29 heavy (non-hydrogen) atoms. The number of imide groups is 1. The summed E-state index contributed by atoms with van der Waals surface area (Å²) in [5, 5.41) is 0.688. The van der Waals surface area contributed by atoms with E-state index in [1.54, 1.807) is 16.8 Å². The van der Waals surface area contributed by atoms with Crippen LogP contribution in [0, 0.1) is 0 Å². The highest BCUT2D eigenvalue weighted by Crippen LogP contribution is 2.39. The number of amides is 4. The molecule has 1 saturated carbocycles. The Balaban J connectivity index is 1.37. The van der Waals surface area contributed by atoms with E-state index in [4.69, 9.17) is 11.6 Å². The standard InChI is InChI=1S/C21H27ClN4O3/c1-23-20(29)26(19(28)21(23)8-3-2-4-9-21)15-18(27)25-12-10-24(11-13-25)17-7-5-6-16(22)14-17/h5-7,14H,2-4,8-13,15H2,1H3. The summed E-state index contributed by atoms with van der Waals surface area (Å²) in [4.78, 5) is 45.3. The first kappa shape index (κ1) is 20.0. The second-order valence-corrected chi connectivity index (χ2v) is 8.61. The molecule has 0 atom stereocenters. The third kappa shape index (κ3) is 3.56. The molecule has 1 aromatic carbocycles. The van der Waals surface area contributed by atoms with E-state index in [1.807, 2.05) is 24.3 Å². The minimum absolute atomic E-state index is 0.166. The zero-order chi connectivity index (χ0) is 20.6. The maximum Gasteiger partial charge on any atom is 0.327 e. The van der Waals surface area contributed by atoms with Gasteiger partial charge in [-0.3, -0.25) is 14.5 Å². The molecule has 4 rings (SSSR count). The Morgan fingerprint density at radius 3 is 2.41 bits per heavy atom. The highest BCUT2D eigenvalue weighted by atomic mass is 35.5. The lowest BCUT2D eigenvalue weighted by atomic mass is 9.81. The van der Waals surface area contributed by atoms with Gasteiger partial charge in [0.15, 0.2) is 0 Å². The number of carbonyl (C=O) groups is 3. The Morgan fingerprint density at radius 2 is 1.76 bits per heavy atom. The van der Waals surface area contributed by atoms with Gasteiger partial charge in [0.25, 0.3) is 5.91 Å². The maximum atomic E-state index is 13.1. The van der Waals surface area contributed by atoms with Crippen molar-refractivity contribution in [1.29, 1.82) is 0 Å². The highest BCUT2D eigenvalue weighted by Gasteiger charge is 2.56. The van der Waals surface area contributed by atoms with Crippen LogP contribution in [-0.4, -0.2) is 77.9 Å². The molecule has 3 aliphatic rings. The molecule has 0 N–H and O–H groups in total. The van der Waals surface area contributed by atoms with Crippen LogP contribution in [0.15, 0.2) is 24.3 Å². The van der Waals surface area contributed by atoms with Gasteiger partial charge in [-0.15, -0.1) is 0 Å². The van der Waals surface area contributed by atoms with Crippen molar-refractivity contribution in [3.05, 3.63) is 29.3 Å². The Bertz CT molecular complexity index is 816. The number of rotatable bonds is 3. The summed E-state index contributed by atoms with van der Waals surface area (Å²) in [5.74, 6) is -0.366. The number of carbonyl (C=O) groups excluding carboxylic acids is 3. The van der Waals surface area contributed by atoms with Crippen LogP contribution in [-0.2, 0) is 9.59 Å². The van der Waals surface area contributed by atoms with Gasteiger partial charge in [0.05, 0.1) is 0 Å². The van der Waals surface area contributed by atoms with Crippen molar-refractivity contribution in [1.82, 2.24) is 14.7 Å². The van der Waals surface area contributed by atoms with Gasteiger partial charge in [0.2, 0.25) is 5.91 Å². The fraction of sp³-hybridized carbons (Fsp3) is 0.571. The fourth-order valence-corrected chi connectivity index (χ4v) is 4.98. The minimum atomic E-state index is -0.735. The van der Waals surface area contributed by atoms with Crippen molar-refractivity contribution in [2.75, 3.05) is 44.7 Å². The molecule has 2 aliphatic heterocycles. The van der Waals surface area contributed by atoms with Crippen LogP contribution < -0.4 is 4.90 Å². The van der Waals surface area contributed by atoms with Crippen molar-refractivity contribution in [3.8, 4) is 0 Å². The van der Waals surface area contributed by atoms with Gasteiger partial charge < -0.3 is 14.7 Å². The van der Waals surface area contributed by atoms with Crippen LogP contribution in [0.5, 0.6) is 0 Å². The predicted octanol–water partition coefficient (Wildman–Crippen LogP) is 2.59. The summed E-state index contributed by atoms with van der Waals surface area (Å²) in [6.07, 6.45) is 4.36. The van der Waals surface area contributed by atoms with Crippen molar-refractivity contribution in [3.63, 3.8) is 0 Å². The third-order valence-corrected chi connectivity index (χ3v) is 6.82. The number of anilines is 1. The minimum Gasteiger partial charge on any atom is -0.368 e. The molecule has 1 aliphatic carbocycles. The summed E-state index contributed by atoms with van der Waals surface area (Å²) in [7, 11) is 1.69. The zero-order valence-corrected chi connectivity index (χ0v) is 17.5. The van der Waals surface area contributed by atoms with E-state index in [2.05, 4.69) is 4.90 Å². The molecule has 8 heteroatoms. The van der Waals surface area contributed by atoms with Crippen LogP contribution in [0.3, 0.4) is 0 Å². The lowest BCUT2D eigenvalue weighted by Gasteiger charge is -2.37. The number of urea groups is 1. The Labute approximate surface area is 176 Å². The van der Waals surface area contributed by atoms with Crippen LogP contribution in [0.4, 0.5) is 10.5 Å². The summed E-state index contributed by atoms with van der Waals surface area (Å²) in [6.45, 7) is 2.33. The molecule has 1 aromatic rings. The van der Waals surface area contributed by atoms with E-state index >= 15 is 0 Å². The van der Waals surface area contributed by atoms with Crippen LogP contribution in [0.2, 0.25) is 5.02 Å². The summed E-state index contributed by atoms with van der Waals surface area (Å²) in [5.41, 5.74) is 0.302. The number of likely N-dealkylation sites (N-methyl/N-ethyl adjacent to an activating group) is 1. The number of halogens is 1. The number of hydrogen-bond acceptors (Lipinski definition) is 4. The van der Waals surface area contributed by atoms with E-state index in [0.29, 0.717) is 44.0 Å². The molecule has 2 saturated heterocycles. The topological polar surface area (TPSA) is 64.2 Å². The van der Waals surface area contributed by atoms with E-state index in [-0.39, 0.29) is 24.4 Å². The lowest BCUT2D eigenvalue weighted by molar-refractivity contribution is -0.140. The monoisotopic (exact) mass is 418 g/mol. The van der Waals surface area contributed by atoms with E-state index in [1.165, 1.54) is 0 Å². The van der Waals surface area contributed by atoms with Crippen molar-refractivity contribution < 1.29 is 14.4 Å². The molecule has 3 fully saturated rings. The largest absolute Gasteiger partial charge is 0.368 e. The number of benzene rings is 1. The molecule has 0 radical (unpaired) electrons. The van der Waals surface area contributed by atoms with Gasteiger partial charge in [0, 0.05) is 43.9 Å². The predicted molar refractivity (Wildman–Crippen MR) is 111 cm³/mol. The molecular weight excluding hydrogens is 392 g/mol. The average molecular weight is 419 g/mol. The van der Waals surface area contributed by atoms with Crippen LogP contribution >= 0.6 is 11.6 Å². The summed E-state index contributed by atoms with van der Waals surface area (Å²) >= 11 is 6.07. The number of nitrogens with zero attached hydrogens (tertiary/aromatic N) is 4. The second kappa shape index (κ2) is 7.86. The first-order valence-corrected chi connectivity index (χ1v) is 10.7. The van der Waals surface area contributed by atoms with Crippen molar-refractivity contribution in [2.45, 2.75) is 37.6 Å². The van der Waals surface area contributed by atoms with Gasteiger partial charge in [-0.25, -0.2) is 4.79 Å². The first-order valence-electron chi connectivity index (χ1n) is 10.3. The summed E-state index contributed by atoms with van der Waals surface area (Å²) < 4.78 is 0. The molecule has 1 spiro atoms. The SMILES string of the molecule is CN1C(=O)N(CC(=O)N2CCN(c3cccc(Cl)c3)CC2)C(=O)C12CCCCC2. The van der Waals surface area contributed by atoms with Crippen molar-refractivity contribution in [2.24, 2.45) is 0 Å². The first-order chi connectivity index (χ1) is 13.9. The van der Waals surface area contributed by atoms with E-state index < -0.39 is 5.54 Å². The maximum absolute atomic E-state index is 13.1. The number of piperazine rings is 1. The second-order valence-electron chi connectivity index (χ2n) is 8.17. The molecular formula is C21H27ClN4O3. The van der Waals surface area contributed by atoms with Crippen molar-refractivity contribution >= 4 is 35.1 Å². The Kier molecular flexibility index (Phi) is 5.42. The molecule has 4 amide bonds. The Hall–Kier alpha value is -2.28.